The standard InChI is InChI=1S/C12H18O3/c1-2-15-10-7-8-5-3-4-6-9(8)11(10)12(13)14/h3-4,8-11H,2,5-7H2,1H3,(H,13,14)/t8-,9-,10+,11-/m0/s1. The predicted octanol–water partition coefficient (Wildman–Crippen LogP) is 2.08. The molecule has 0 aromatic carbocycles. The Balaban J connectivity index is 2.13. The van der Waals surface area contributed by atoms with Crippen LogP contribution in [-0.4, -0.2) is 23.8 Å². The number of hydrogen-bond donors (Lipinski definition) is 1. The van der Waals surface area contributed by atoms with Gasteiger partial charge in [-0.1, -0.05) is 12.2 Å². The Hall–Kier alpha value is -0.830. The van der Waals surface area contributed by atoms with Crippen LogP contribution < -0.4 is 0 Å². The fraction of sp³-hybridized carbons (Fsp3) is 0.750. The summed E-state index contributed by atoms with van der Waals surface area (Å²) in [6, 6.07) is 0. The van der Waals surface area contributed by atoms with Gasteiger partial charge in [-0.05, 0) is 38.0 Å². The molecule has 15 heavy (non-hydrogen) atoms. The first-order chi connectivity index (χ1) is 7.24. The maximum Gasteiger partial charge on any atom is 0.309 e. The van der Waals surface area contributed by atoms with Gasteiger partial charge in [-0.15, -0.1) is 0 Å². The lowest BCUT2D eigenvalue weighted by molar-refractivity contribution is -0.148. The summed E-state index contributed by atoms with van der Waals surface area (Å²) in [6.07, 6.45) is 7.07. The van der Waals surface area contributed by atoms with Crippen LogP contribution in [0.5, 0.6) is 0 Å². The van der Waals surface area contributed by atoms with Crippen LogP contribution >= 0.6 is 0 Å². The molecule has 1 saturated carbocycles. The number of carboxylic acid groups (broad SMARTS) is 1. The molecule has 84 valence electrons. The zero-order valence-corrected chi connectivity index (χ0v) is 9.06. The summed E-state index contributed by atoms with van der Waals surface area (Å²) in [7, 11) is 0. The molecule has 1 N–H and O–H groups in total. The molecule has 0 spiro atoms. The van der Waals surface area contributed by atoms with Crippen molar-refractivity contribution in [2.24, 2.45) is 17.8 Å². The van der Waals surface area contributed by atoms with Gasteiger partial charge in [-0.2, -0.15) is 0 Å². The van der Waals surface area contributed by atoms with Crippen LogP contribution in [0.15, 0.2) is 12.2 Å². The summed E-state index contributed by atoms with van der Waals surface area (Å²) in [5.74, 6) is -0.159. The number of rotatable bonds is 3. The van der Waals surface area contributed by atoms with E-state index in [0.717, 1.165) is 19.3 Å². The van der Waals surface area contributed by atoms with Crippen LogP contribution in [0.25, 0.3) is 0 Å². The molecule has 0 unspecified atom stereocenters. The molecule has 0 radical (unpaired) electrons. The van der Waals surface area contributed by atoms with E-state index in [9.17, 15) is 9.90 Å². The third kappa shape index (κ3) is 1.93. The summed E-state index contributed by atoms with van der Waals surface area (Å²) in [4.78, 5) is 11.2. The summed E-state index contributed by atoms with van der Waals surface area (Å²) in [5.41, 5.74) is 0. The van der Waals surface area contributed by atoms with E-state index in [2.05, 4.69) is 12.2 Å². The molecule has 2 aliphatic rings. The number of allylic oxidation sites excluding steroid dienone is 2. The Morgan fingerprint density at radius 1 is 1.47 bits per heavy atom. The van der Waals surface area contributed by atoms with Crippen molar-refractivity contribution in [1.82, 2.24) is 0 Å². The van der Waals surface area contributed by atoms with Crippen molar-refractivity contribution in [3.05, 3.63) is 12.2 Å². The molecule has 0 heterocycles. The van der Waals surface area contributed by atoms with Crippen molar-refractivity contribution in [2.75, 3.05) is 6.61 Å². The molecule has 4 atom stereocenters. The Kier molecular flexibility index (Phi) is 3.10. The molecule has 0 amide bonds. The predicted molar refractivity (Wildman–Crippen MR) is 56.5 cm³/mol. The van der Waals surface area contributed by atoms with E-state index >= 15 is 0 Å². The third-order valence-corrected chi connectivity index (χ3v) is 3.68. The molecule has 3 nitrogen and oxygen atoms in total. The molecular formula is C12H18O3. The van der Waals surface area contributed by atoms with E-state index in [1.807, 2.05) is 6.92 Å². The van der Waals surface area contributed by atoms with E-state index in [1.165, 1.54) is 0 Å². The minimum atomic E-state index is -0.684. The molecule has 0 bridgehead atoms. The molecule has 2 aliphatic carbocycles. The van der Waals surface area contributed by atoms with E-state index in [1.54, 1.807) is 0 Å². The average Bonchev–Trinajstić information content (AvgIpc) is 2.56. The molecule has 3 heteroatoms. The Morgan fingerprint density at radius 2 is 2.20 bits per heavy atom. The molecular weight excluding hydrogens is 192 g/mol. The summed E-state index contributed by atoms with van der Waals surface area (Å²) < 4.78 is 5.56. The summed E-state index contributed by atoms with van der Waals surface area (Å²) in [6.45, 7) is 2.54. The molecule has 0 aromatic rings. The lowest BCUT2D eigenvalue weighted by atomic mass is 9.81. The van der Waals surface area contributed by atoms with Crippen molar-refractivity contribution >= 4 is 5.97 Å². The number of ether oxygens (including phenoxy) is 1. The first-order valence-electron chi connectivity index (χ1n) is 5.73. The quantitative estimate of drug-likeness (QED) is 0.725. The van der Waals surface area contributed by atoms with Gasteiger partial charge in [-0.3, -0.25) is 4.79 Å². The van der Waals surface area contributed by atoms with Gasteiger partial charge in [0, 0.05) is 6.61 Å². The number of carboxylic acids is 1. The Bertz CT molecular complexity index is 272. The molecule has 0 aromatic heterocycles. The zero-order chi connectivity index (χ0) is 10.8. The minimum absolute atomic E-state index is 0.0672. The highest BCUT2D eigenvalue weighted by molar-refractivity contribution is 5.71. The highest BCUT2D eigenvalue weighted by atomic mass is 16.5. The van der Waals surface area contributed by atoms with Crippen molar-refractivity contribution in [3.8, 4) is 0 Å². The number of fused-ring (bicyclic) bond motifs is 1. The second kappa shape index (κ2) is 4.35. The highest BCUT2D eigenvalue weighted by Gasteiger charge is 2.47. The topological polar surface area (TPSA) is 46.5 Å². The first kappa shape index (κ1) is 10.7. The lowest BCUT2D eigenvalue weighted by Gasteiger charge is -2.24. The van der Waals surface area contributed by atoms with Gasteiger partial charge in [0.1, 0.15) is 0 Å². The first-order valence-corrected chi connectivity index (χ1v) is 5.73. The van der Waals surface area contributed by atoms with Crippen molar-refractivity contribution in [3.63, 3.8) is 0 Å². The fourth-order valence-electron chi connectivity index (χ4n) is 3.05. The van der Waals surface area contributed by atoms with Gasteiger partial charge in [0.25, 0.3) is 0 Å². The molecule has 2 rings (SSSR count). The zero-order valence-electron chi connectivity index (χ0n) is 9.06. The number of carbonyl (C=O) groups is 1. The summed E-state index contributed by atoms with van der Waals surface area (Å²) in [5, 5.41) is 9.25. The van der Waals surface area contributed by atoms with Crippen LogP contribution in [-0.2, 0) is 9.53 Å². The lowest BCUT2D eigenvalue weighted by Crippen LogP contribution is -2.30. The number of hydrogen-bond acceptors (Lipinski definition) is 2. The second-order valence-electron chi connectivity index (χ2n) is 4.46. The molecule has 0 saturated heterocycles. The van der Waals surface area contributed by atoms with Crippen LogP contribution in [0.2, 0.25) is 0 Å². The number of aliphatic carboxylic acids is 1. The third-order valence-electron chi connectivity index (χ3n) is 3.68. The largest absolute Gasteiger partial charge is 0.481 e. The Labute approximate surface area is 90.1 Å². The highest BCUT2D eigenvalue weighted by Crippen LogP contribution is 2.45. The van der Waals surface area contributed by atoms with Gasteiger partial charge in [0.05, 0.1) is 12.0 Å². The van der Waals surface area contributed by atoms with Crippen LogP contribution in [0, 0.1) is 17.8 Å². The maximum atomic E-state index is 11.2. The van der Waals surface area contributed by atoms with Crippen LogP contribution in [0.3, 0.4) is 0 Å². The van der Waals surface area contributed by atoms with Gasteiger partial charge < -0.3 is 9.84 Å². The SMILES string of the molecule is CCO[C@@H]1C[C@@H]2CC=CC[C@@H]2[C@@H]1C(=O)O. The van der Waals surface area contributed by atoms with Crippen molar-refractivity contribution < 1.29 is 14.6 Å². The fourth-order valence-corrected chi connectivity index (χ4v) is 3.05. The second-order valence-corrected chi connectivity index (χ2v) is 4.46. The van der Waals surface area contributed by atoms with E-state index in [-0.39, 0.29) is 12.0 Å². The summed E-state index contributed by atoms with van der Waals surface area (Å²) >= 11 is 0. The van der Waals surface area contributed by atoms with E-state index < -0.39 is 5.97 Å². The van der Waals surface area contributed by atoms with Gasteiger partial charge in [0.2, 0.25) is 0 Å². The smallest absolute Gasteiger partial charge is 0.309 e. The monoisotopic (exact) mass is 210 g/mol. The molecule has 1 fully saturated rings. The van der Waals surface area contributed by atoms with Crippen molar-refractivity contribution in [1.29, 1.82) is 0 Å². The van der Waals surface area contributed by atoms with E-state index in [4.69, 9.17) is 4.74 Å². The van der Waals surface area contributed by atoms with Crippen LogP contribution in [0.1, 0.15) is 26.2 Å². The van der Waals surface area contributed by atoms with Gasteiger partial charge in [-0.25, -0.2) is 0 Å². The minimum Gasteiger partial charge on any atom is -0.481 e. The van der Waals surface area contributed by atoms with Gasteiger partial charge >= 0.3 is 5.97 Å². The van der Waals surface area contributed by atoms with Gasteiger partial charge in [0.15, 0.2) is 0 Å². The average molecular weight is 210 g/mol. The molecule has 0 aliphatic heterocycles. The Morgan fingerprint density at radius 3 is 2.87 bits per heavy atom. The van der Waals surface area contributed by atoms with E-state index in [0.29, 0.717) is 18.4 Å². The van der Waals surface area contributed by atoms with Crippen LogP contribution in [0.4, 0.5) is 0 Å². The normalized spacial score (nSPS) is 39.0. The van der Waals surface area contributed by atoms with Crippen molar-refractivity contribution in [2.45, 2.75) is 32.3 Å². The maximum absolute atomic E-state index is 11.2.